The third-order valence-corrected chi connectivity index (χ3v) is 3.55. The first-order chi connectivity index (χ1) is 10.7. The van der Waals surface area contributed by atoms with E-state index in [1.165, 1.54) is 25.3 Å². The van der Waals surface area contributed by atoms with Gasteiger partial charge in [0.25, 0.3) is 5.91 Å². The van der Waals surface area contributed by atoms with Gasteiger partial charge in [-0.25, -0.2) is 0 Å². The van der Waals surface area contributed by atoms with Crippen LogP contribution in [0.2, 0.25) is 10.0 Å². The van der Waals surface area contributed by atoms with Crippen LogP contribution in [0.25, 0.3) is 0 Å². The number of ether oxygens (including phenoxy) is 1. The SMILES string of the molecule is COc1cc(NC(=O)c2cccc(C(F)(F)F)c2)c(Cl)cc1Cl. The van der Waals surface area contributed by atoms with Gasteiger partial charge in [-0.1, -0.05) is 29.3 Å². The van der Waals surface area contributed by atoms with E-state index in [9.17, 15) is 18.0 Å². The lowest BCUT2D eigenvalue weighted by Gasteiger charge is -2.12. The van der Waals surface area contributed by atoms with E-state index in [0.717, 1.165) is 18.2 Å². The van der Waals surface area contributed by atoms with Crippen LogP contribution in [0.3, 0.4) is 0 Å². The van der Waals surface area contributed by atoms with E-state index in [-0.39, 0.29) is 27.0 Å². The second-order valence-corrected chi connectivity index (χ2v) is 5.31. The monoisotopic (exact) mass is 363 g/mol. The normalized spacial score (nSPS) is 11.2. The number of halogens is 5. The lowest BCUT2D eigenvalue weighted by Crippen LogP contribution is -2.14. The molecule has 0 aliphatic rings. The van der Waals surface area contributed by atoms with Gasteiger partial charge in [-0.2, -0.15) is 13.2 Å². The van der Waals surface area contributed by atoms with Crippen molar-refractivity contribution in [3.63, 3.8) is 0 Å². The molecular formula is C15H10Cl2F3NO2. The van der Waals surface area contributed by atoms with Crippen LogP contribution in [-0.4, -0.2) is 13.0 Å². The minimum absolute atomic E-state index is 0.135. The van der Waals surface area contributed by atoms with Crippen molar-refractivity contribution in [2.24, 2.45) is 0 Å². The average Bonchev–Trinajstić information content (AvgIpc) is 2.49. The topological polar surface area (TPSA) is 38.3 Å². The van der Waals surface area contributed by atoms with Crippen molar-refractivity contribution >= 4 is 34.8 Å². The van der Waals surface area contributed by atoms with Gasteiger partial charge in [0.2, 0.25) is 0 Å². The first-order valence-corrected chi connectivity index (χ1v) is 6.99. The molecular weight excluding hydrogens is 354 g/mol. The number of hydrogen-bond donors (Lipinski definition) is 1. The minimum Gasteiger partial charge on any atom is -0.495 e. The highest BCUT2D eigenvalue weighted by Gasteiger charge is 2.30. The Hall–Kier alpha value is -1.92. The third-order valence-electron chi connectivity index (χ3n) is 2.94. The molecule has 0 bridgehead atoms. The number of hydrogen-bond acceptors (Lipinski definition) is 2. The number of alkyl halides is 3. The molecule has 2 rings (SSSR count). The summed E-state index contributed by atoms with van der Waals surface area (Å²) in [5, 5.41) is 2.81. The fourth-order valence-electron chi connectivity index (χ4n) is 1.81. The molecule has 2 aromatic rings. The fourth-order valence-corrected chi connectivity index (χ4v) is 2.32. The quantitative estimate of drug-likeness (QED) is 0.806. The number of rotatable bonds is 3. The highest BCUT2D eigenvalue weighted by molar-refractivity contribution is 6.37. The average molecular weight is 364 g/mol. The van der Waals surface area contributed by atoms with E-state index in [2.05, 4.69) is 5.32 Å². The van der Waals surface area contributed by atoms with Gasteiger partial charge in [0.1, 0.15) is 5.75 Å². The molecule has 8 heteroatoms. The summed E-state index contributed by atoms with van der Waals surface area (Å²) >= 11 is 11.8. The minimum atomic E-state index is -4.53. The van der Waals surface area contributed by atoms with Crippen molar-refractivity contribution < 1.29 is 22.7 Å². The zero-order chi connectivity index (χ0) is 17.2. The van der Waals surface area contributed by atoms with Crippen molar-refractivity contribution in [1.82, 2.24) is 0 Å². The van der Waals surface area contributed by atoms with Gasteiger partial charge in [0, 0.05) is 11.6 Å². The van der Waals surface area contributed by atoms with E-state index in [4.69, 9.17) is 27.9 Å². The maximum absolute atomic E-state index is 12.7. The molecule has 0 aliphatic carbocycles. The summed E-state index contributed by atoms with van der Waals surface area (Å²) in [6.07, 6.45) is -4.53. The zero-order valence-corrected chi connectivity index (χ0v) is 13.2. The van der Waals surface area contributed by atoms with Crippen LogP contribution in [0.5, 0.6) is 5.75 Å². The summed E-state index contributed by atoms with van der Waals surface area (Å²) in [5.41, 5.74) is -0.884. The molecule has 0 fully saturated rings. The summed E-state index contributed by atoms with van der Waals surface area (Å²) in [6.45, 7) is 0. The lowest BCUT2D eigenvalue weighted by molar-refractivity contribution is -0.137. The predicted molar refractivity (Wildman–Crippen MR) is 82.4 cm³/mol. The van der Waals surface area contributed by atoms with E-state index >= 15 is 0 Å². The maximum Gasteiger partial charge on any atom is 0.416 e. The number of anilines is 1. The van der Waals surface area contributed by atoms with Crippen LogP contribution in [0.15, 0.2) is 36.4 Å². The Balaban J connectivity index is 2.30. The number of amides is 1. The second-order valence-electron chi connectivity index (χ2n) is 4.50. The Morgan fingerprint density at radius 3 is 2.43 bits per heavy atom. The molecule has 1 N–H and O–H groups in total. The molecule has 0 aromatic heterocycles. The number of carbonyl (C=O) groups is 1. The highest BCUT2D eigenvalue weighted by atomic mass is 35.5. The number of methoxy groups -OCH3 is 1. The van der Waals surface area contributed by atoms with Crippen LogP contribution in [0.4, 0.5) is 18.9 Å². The molecule has 1 amide bonds. The van der Waals surface area contributed by atoms with E-state index in [1.807, 2.05) is 0 Å². The van der Waals surface area contributed by atoms with Crippen molar-refractivity contribution in [3.05, 3.63) is 57.6 Å². The zero-order valence-electron chi connectivity index (χ0n) is 11.7. The molecule has 0 aliphatic heterocycles. The smallest absolute Gasteiger partial charge is 0.416 e. The van der Waals surface area contributed by atoms with E-state index < -0.39 is 17.6 Å². The van der Waals surface area contributed by atoms with E-state index in [1.54, 1.807) is 0 Å². The predicted octanol–water partition coefficient (Wildman–Crippen LogP) is 5.27. The molecule has 0 atom stereocenters. The van der Waals surface area contributed by atoms with Crippen LogP contribution >= 0.6 is 23.2 Å². The number of benzene rings is 2. The Labute approximate surface area is 140 Å². The van der Waals surface area contributed by atoms with Gasteiger partial charge in [0.15, 0.2) is 0 Å². The first-order valence-electron chi connectivity index (χ1n) is 6.24. The van der Waals surface area contributed by atoms with Gasteiger partial charge in [-0.05, 0) is 24.3 Å². The molecule has 122 valence electrons. The Kier molecular flexibility index (Phi) is 5.06. The summed E-state index contributed by atoms with van der Waals surface area (Å²) in [5.74, 6) is -0.460. The number of nitrogens with one attached hydrogen (secondary N) is 1. The van der Waals surface area contributed by atoms with Crippen molar-refractivity contribution in [2.75, 3.05) is 12.4 Å². The van der Waals surface area contributed by atoms with Crippen molar-refractivity contribution in [3.8, 4) is 5.75 Å². The highest BCUT2D eigenvalue weighted by Crippen LogP contribution is 2.34. The molecule has 3 nitrogen and oxygen atoms in total. The van der Waals surface area contributed by atoms with Gasteiger partial charge in [0.05, 0.1) is 28.4 Å². The van der Waals surface area contributed by atoms with Gasteiger partial charge < -0.3 is 10.1 Å². The summed E-state index contributed by atoms with van der Waals surface area (Å²) in [6, 6.07) is 6.82. The van der Waals surface area contributed by atoms with Gasteiger partial charge in [-0.15, -0.1) is 0 Å². The molecule has 0 heterocycles. The molecule has 0 saturated carbocycles. The lowest BCUT2D eigenvalue weighted by atomic mass is 10.1. The molecule has 0 saturated heterocycles. The molecule has 23 heavy (non-hydrogen) atoms. The molecule has 0 unspecified atom stereocenters. The molecule has 0 spiro atoms. The Bertz CT molecular complexity index is 748. The van der Waals surface area contributed by atoms with Gasteiger partial charge in [-0.3, -0.25) is 4.79 Å². The van der Waals surface area contributed by atoms with Crippen LogP contribution < -0.4 is 10.1 Å². The van der Waals surface area contributed by atoms with Gasteiger partial charge >= 0.3 is 6.18 Å². The summed E-state index contributed by atoms with van der Waals surface area (Å²) in [4.78, 5) is 12.1. The van der Waals surface area contributed by atoms with Crippen molar-refractivity contribution in [2.45, 2.75) is 6.18 Å². The molecule has 2 aromatic carbocycles. The first kappa shape index (κ1) is 17.4. The van der Waals surface area contributed by atoms with Crippen LogP contribution in [-0.2, 0) is 6.18 Å². The Morgan fingerprint density at radius 2 is 1.83 bits per heavy atom. The summed E-state index contributed by atoms with van der Waals surface area (Å²) in [7, 11) is 1.38. The third kappa shape index (κ3) is 4.09. The standard InChI is InChI=1S/C15H10Cl2F3NO2/c1-23-13-7-12(10(16)6-11(13)17)21-14(22)8-3-2-4-9(5-8)15(18,19)20/h2-7H,1H3,(H,21,22). The largest absolute Gasteiger partial charge is 0.495 e. The maximum atomic E-state index is 12.7. The second kappa shape index (κ2) is 6.68. The van der Waals surface area contributed by atoms with Crippen molar-refractivity contribution in [1.29, 1.82) is 0 Å². The number of carbonyl (C=O) groups excluding carboxylic acids is 1. The Morgan fingerprint density at radius 1 is 1.13 bits per heavy atom. The fraction of sp³-hybridized carbons (Fsp3) is 0.133. The summed E-state index contributed by atoms with van der Waals surface area (Å²) < 4.78 is 43.0. The van der Waals surface area contributed by atoms with Crippen LogP contribution in [0.1, 0.15) is 15.9 Å². The van der Waals surface area contributed by atoms with Crippen LogP contribution in [0, 0.1) is 0 Å². The molecule has 0 radical (unpaired) electrons. The van der Waals surface area contributed by atoms with E-state index in [0.29, 0.717) is 0 Å².